The summed E-state index contributed by atoms with van der Waals surface area (Å²) in [6, 6.07) is 5.90. The van der Waals surface area contributed by atoms with E-state index in [2.05, 4.69) is 15.0 Å². The van der Waals surface area contributed by atoms with Crippen LogP contribution in [0.3, 0.4) is 0 Å². The molecule has 1 aliphatic rings. The molecule has 2 aromatic rings. The van der Waals surface area contributed by atoms with Crippen molar-refractivity contribution in [3.05, 3.63) is 47.0 Å². The molecule has 6 heteroatoms. The van der Waals surface area contributed by atoms with Gasteiger partial charge in [0.15, 0.2) is 0 Å². The zero-order valence-electron chi connectivity index (χ0n) is 14.2. The molecule has 0 aliphatic carbocycles. The van der Waals surface area contributed by atoms with Gasteiger partial charge in [-0.2, -0.15) is 5.10 Å². The number of likely N-dealkylation sites (N-methyl/N-ethyl adjacent to an activating group) is 1. The van der Waals surface area contributed by atoms with Crippen LogP contribution in [0.25, 0.3) is 0 Å². The Hall–Kier alpha value is -2.21. The lowest BCUT2D eigenvalue weighted by atomic mass is 10.1. The summed E-state index contributed by atoms with van der Waals surface area (Å²) in [4.78, 5) is 21.3. The molecule has 1 amide bonds. The molecule has 0 unspecified atom stereocenters. The molecule has 0 aromatic carbocycles. The van der Waals surface area contributed by atoms with Crippen molar-refractivity contribution in [2.75, 3.05) is 27.2 Å². The molecule has 0 fully saturated rings. The maximum Gasteiger partial charge on any atom is 0.254 e. The fourth-order valence-corrected chi connectivity index (χ4v) is 3.24. The number of aryl methyl sites for hydroxylation is 2. The first kappa shape index (κ1) is 15.7. The van der Waals surface area contributed by atoms with Crippen molar-refractivity contribution < 1.29 is 4.79 Å². The average Bonchev–Trinajstić information content (AvgIpc) is 2.93. The number of amides is 1. The molecule has 3 rings (SSSR count). The predicted molar refractivity (Wildman–Crippen MR) is 88.3 cm³/mol. The fourth-order valence-electron chi connectivity index (χ4n) is 3.24. The Morgan fingerprint density at radius 1 is 1.30 bits per heavy atom. The summed E-state index contributed by atoms with van der Waals surface area (Å²) >= 11 is 0. The Kier molecular flexibility index (Phi) is 4.17. The fraction of sp³-hybridized carbons (Fsp3) is 0.471. The van der Waals surface area contributed by atoms with Gasteiger partial charge in [-0.3, -0.25) is 14.5 Å². The number of rotatable bonds is 3. The number of hydrogen-bond donors (Lipinski definition) is 0. The summed E-state index contributed by atoms with van der Waals surface area (Å²) in [7, 11) is 4.08. The van der Waals surface area contributed by atoms with Gasteiger partial charge in [-0.15, -0.1) is 0 Å². The van der Waals surface area contributed by atoms with E-state index in [0.717, 1.165) is 23.6 Å². The predicted octanol–water partition coefficient (Wildman–Crippen LogP) is 1.65. The smallest absolute Gasteiger partial charge is 0.254 e. The second-order valence-electron chi connectivity index (χ2n) is 6.51. The molecule has 0 saturated heterocycles. The molecule has 2 aromatic heterocycles. The monoisotopic (exact) mass is 313 g/mol. The topological polar surface area (TPSA) is 54.3 Å². The normalized spacial score (nSPS) is 17.4. The van der Waals surface area contributed by atoms with E-state index in [1.54, 1.807) is 0 Å². The lowest BCUT2D eigenvalue weighted by Gasteiger charge is -2.35. The molecule has 0 radical (unpaired) electrons. The molecule has 0 spiro atoms. The van der Waals surface area contributed by atoms with Crippen molar-refractivity contribution in [2.45, 2.75) is 26.4 Å². The van der Waals surface area contributed by atoms with Crippen LogP contribution in [0.15, 0.2) is 24.4 Å². The van der Waals surface area contributed by atoms with Gasteiger partial charge in [0.1, 0.15) is 0 Å². The lowest BCUT2D eigenvalue weighted by molar-refractivity contribution is 0.0652. The summed E-state index contributed by atoms with van der Waals surface area (Å²) in [5, 5.41) is 4.43. The van der Waals surface area contributed by atoms with E-state index >= 15 is 0 Å². The number of pyridine rings is 1. The summed E-state index contributed by atoms with van der Waals surface area (Å²) in [6.07, 6.45) is 1.81. The molecular formula is C17H23N5O. The van der Waals surface area contributed by atoms with Gasteiger partial charge in [0.25, 0.3) is 5.91 Å². The van der Waals surface area contributed by atoms with Crippen molar-refractivity contribution in [1.82, 2.24) is 24.6 Å². The summed E-state index contributed by atoms with van der Waals surface area (Å²) in [5.41, 5.74) is 3.55. The van der Waals surface area contributed by atoms with E-state index < -0.39 is 0 Å². The van der Waals surface area contributed by atoms with Crippen LogP contribution in [0.5, 0.6) is 0 Å². The quantitative estimate of drug-likeness (QED) is 0.865. The number of carbonyl (C=O) groups excluding carboxylic acids is 1. The van der Waals surface area contributed by atoms with Crippen LogP contribution in [-0.2, 0) is 6.54 Å². The van der Waals surface area contributed by atoms with Crippen LogP contribution in [0.2, 0.25) is 0 Å². The van der Waals surface area contributed by atoms with E-state index in [0.29, 0.717) is 18.7 Å². The van der Waals surface area contributed by atoms with E-state index in [9.17, 15) is 4.79 Å². The second-order valence-corrected chi connectivity index (χ2v) is 6.51. The van der Waals surface area contributed by atoms with Crippen LogP contribution in [0, 0.1) is 13.8 Å². The van der Waals surface area contributed by atoms with Crippen LogP contribution in [-0.4, -0.2) is 57.7 Å². The van der Waals surface area contributed by atoms with Gasteiger partial charge in [0.05, 0.1) is 18.3 Å². The Morgan fingerprint density at radius 3 is 2.65 bits per heavy atom. The Labute approximate surface area is 136 Å². The highest BCUT2D eigenvalue weighted by Crippen LogP contribution is 2.22. The highest BCUT2D eigenvalue weighted by atomic mass is 16.2. The van der Waals surface area contributed by atoms with E-state index in [4.69, 9.17) is 0 Å². The van der Waals surface area contributed by atoms with Gasteiger partial charge >= 0.3 is 0 Å². The Balaban J connectivity index is 1.87. The zero-order chi connectivity index (χ0) is 16.6. The van der Waals surface area contributed by atoms with Crippen molar-refractivity contribution >= 4 is 5.91 Å². The minimum Gasteiger partial charge on any atom is -0.331 e. The second kappa shape index (κ2) is 6.12. The maximum absolute atomic E-state index is 12.9. The molecule has 1 atom stereocenters. The van der Waals surface area contributed by atoms with Gasteiger partial charge < -0.3 is 9.80 Å². The Bertz CT molecular complexity index is 701. The first-order chi connectivity index (χ1) is 10.9. The molecule has 23 heavy (non-hydrogen) atoms. The largest absolute Gasteiger partial charge is 0.331 e. The van der Waals surface area contributed by atoms with Crippen LogP contribution < -0.4 is 0 Å². The Morgan fingerprint density at radius 2 is 2.00 bits per heavy atom. The van der Waals surface area contributed by atoms with Crippen molar-refractivity contribution in [3.8, 4) is 0 Å². The van der Waals surface area contributed by atoms with Gasteiger partial charge in [-0.05, 0) is 46.1 Å². The van der Waals surface area contributed by atoms with Crippen molar-refractivity contribution in [2.24, 2.45) is 0 Å². The first-order valence-electron chi connectivity index (χ1n) is 7.85. The molecule has 0 bridgehead atoms. The number of hydrogen-bond acceptors (Lipinski definition) is 4. The standard InChI is InChI=1S/C17H23N5O/c1-12-7-14(8-13(2)19-12)17(23)21-10-15-5-6-18-22(15)16(11-21)9-20(3)4/h5-8,16H,9-11H2,1-4H3/t16-/m1/s1. The van der Waals surface area contributed by atoms with Crippen molar-refractivity contribution in [3.63, 3.8) is 0 Å². The van der Waals surface area contributed by atoms with E-state index in [1.807, 2.05) is 61.9 Å². The van der Waals surface area contributed by atoms with E-state index in [1.165, 1.54) is 0 Å². The molecule has 3 heterocycles. The summed E-state index contributed by atoms with van der Waals surface area (Å²) in [6.45, 7) is 5.97. The molecule has 1 aliphatic heterocycles. The minimum absolute atomic E-state index is 0.0646. The van der Waals surface area contributed by atoms with Gasteiger partial charge in [0, 0.05) is 36.2 Å². The lowest BCUT2D eigenvalue weighted by Crippen LogP contribution is -2.44. The first-order valence-corrected chi connectivity index (χ1v) is 7.85. The number of nitrogens with zero attached hydrogens (tertiary/aromatic N) is 5. The molecular weight excluding hydrogens is 290 g/mol. The van der Waals surface area contributed by atoms with Gasteiger partial charge in [-0.25, -0.2) is 0 Å². The minimum atomic E-state index is 0.0646. The molecule has 6 nitrogen and oxygen atoms in total. The molecule has 122 valence electrons. The zero-order valence-corrected chi connectivity index (χ0v) is 14.2. The van der Waals surface area contributed by atoms with Crippen LogP contribution in [0.1, 0.15) is 33.5 Å². The highest BCUT2D eigenvalue weighted by Gasteiger charge is 2.29. The molecule has 0 N–H and O–H groups in total. The third-order valence-corrected chi connectivity index (χ3v) is 4.07. The maximum atomic E-state index is 12.9. The highest BCUT2D eigenvalue weighted by molar-refractivity contribution is 5.94. The number of carbonyl (C=O) groups is 1. The van der Waals surface area contributed by atoms with E-state index in [-0.39, 0.29) is 11.9 Å². The summed E-state index contributed by atoms with van der Waals surface area (Å²) < 4.78 is 2.05. The van der Waals surface area contributed by atoms with Gasteiger partial charge in [0.2, 0.25) is 0 Å². The third-order valence-electron chi connectivity index (χ3n) is 4.07. The van der Waals surface area contributed by atoms with Crippen LogP contribution in [0.4, 0.5) is 0 Å². The number of aromatic nitrogens is 3. The number of fused-ring (bicyclic) bond motifs is 1. The third kappa shape index (κ3) is 3.27. The van der Waals surface area contributed by atoms with Gasteiger partial charge in [-0.1, -0.05) is 0 Å². The SMILES string of the molecule is Cc1cc(C(=O)N2Cc3ccnn3[C@H](CN(C)C)C2)cc(C)n1. The summed E-state index contributed by atoms with van der Waals surface area (Å²) in [5.74, 6) is 0.0646. The molecule has 0 saturated carbocycles. The van der Waals surface area contributed by atoms with Crippen LogP contribution >= 0.6 is 0 Å². The average molecular weight is 313 g/mol. The van der Waals surface area contributed by atoms with Crippen molar-refractivity contribution in [1.29, 1.82) is 0 Å².